The largest absolute Gasteiger partial charge is 0.389 e. The van der Waals surface area contributed by atoms with Crippen molar-refractivity contribution in [2.24, 2.45) is 5.73 Å². The summed E-state index contributed by atoms with van der Waals surface area (Å²) in [5.74, 6) is 0.0995. The molecule has 96 valence electrons. The zero-order chi connectivity index (χ0) is 13.1. The molecule has 0 bridgehead atoms. The van der Waals surface area contributed by atoms with Crippen LogP contribution in [0.3, 0.4) is 0 Å². The maximum absolute atomic E-state index is 11.1. The number of anilines is 1. The van der Waals surface area contributed by atoms with Gasteiger partial charge in [-0.1, -0.05) is 23.8 Å². The summed E-state index contributed by atoms with van der Waals surface area (Å²) in [5.41, 5.74) is 7.21. The van der Waals surface area contributed by atoms with Gasteiger partial charge >= 0.3 is 0 Å². The molecule has 0 aromatic heterocycles. The normalized spacial score (nSPS) is 18.5. The summed E-state index contributed by atoms with van der Waals surface area (Å²) in [6.45, 7) is 0.641. The number of nitrogens with two attached hydrogens (primary N) is 1. The number of amides is 1. The first-order chi connectivity index (χ1) is 8.56. The molecule has 1 fully saturated rings. The van der Waals surface area contributed by atoms with Gasteiger partial charge in [-0.2, -0.15) is 0 Å². The van der Waals surface area contributed by atoms with Crippen LogP contribution in [0.15, 0.2) is 18.2 Å². The number of carbonyl (C=O) groups excluding carboxylic acids is 1. The van der Waals surface area contributed by atoms with E-state index in [-0.39, 0.29) is 11.9 Å². The highest BCUT2D eigenvalue weighted by Gasteiger charge is 2.20. The minimum absolute atomic E-state index is 0.0995. The number of thiocarbonyl (C=S) groups is 1. The Hall–Kier alpha value is -1.33. The lowest BCUT2D eigenvalue weighted by Crippen LogP contribution is -2.32. The average Bonchev–Trinajstić information content (AvgIpc) is 2.72. The second-order valence-electron chi connectivity index (χ2n) is 4.24. The summed E-state index contributed by atoms with van der Waals surface area (Å²) in [7, 11) is 0. The van der Waals surface area contributed by atoms with Gasteiger partial charge in [-0.3, -0.25) is 4.79 Å². The van der Waals surface area contributed by atoms with Crippen LogP contribution in [-0.4, -0.2) is 23.5 Å². The molecule has 1 aromatic carbocycles. The lowest BCUT2D eigenvalue weighted by Gasteiger charge is -2.15. The van der Waals surface area contributed by atoms with Crippen molar-refractivity contribution >= 4 is 40.4 Å². The Labute approximate surface area is 116 Å². The zero-order valence-corrected chi connectivity index (χ0v) is 11.3. The Balaban J connectivity index is 2.06. The molecule has 1 saturated heterocycles. The van der Waals surface area contributed by atoms with Crippen LogP contribution in [0.2, 0.25) is 5.02 Å². The quantitative estimate of drug-likeness (QED) is 0.736. The maximum atomic E-state index is 11.1. The monoisotopic (exact) mass is 283 g/mol. The van der Waals surface area contributed by atoms with E-state index in [4.69, 9.17) is 29.6 Å². The van der Waals surface area contributed by atoms with Crippen molar-refractivity contribution in [3.8, 4) is 0 Å². The van der Waals surface area contributed by atoms with E-state index in [9.17, 15) is 4.79 Å². The van der Waals surface area contributed by atoms with Crippen LogP contribution in [-0.2, 0) is 4.79 Å². The Morgan fingerprint density at radius 2 is 2.39 bits per heavy atom. The van der Waals surface area contributed by atoms with E-state index in [2.05, 4.69) is 10.6 Å². The second kappa shape index (κ2) is 5.54. The van der Waals surface area contributed by atoms with Crippen molar-refractivity contribution in [3.05, 3.63) is 28.8 Å². The lowest BCUT2D eigenvalue weighted by atomic mass is 10.1. The van der Waals surface area contributed by atoms with Crippen LogP contribution in [0.5, 0.6) is 0 Å². The number of hydrogen-bond acceptors (Lipinski definition) is 3. The molecule has 0 radical (unpaired) electrons. The number of benzene rings is 1. The first kappa shape index (κ1) is 13.1. The molecule has 2 rings (SSSR count). The van der Waals surface area contributed by atoms with Gasteiger partial charge in [0.1, 0.15) is 4.99 Å². The summed E-state index contributed by atoms with van der Waals surface area (Å²) in [4.78, 5) is 11.4. The smallest absolute Gasteiger partial charge is 0.220 e. The fourth-order valence-corrected chi connectivity index (χ4v) is 2.29. The van der Waals surface area contributed by atoms with Crippen molar-refractivity contribution in [2.75, 3.05) is 11.9 Å². The van der Waals surface area contributed by atoms with Crippen molar-refractivity contribution in [1.29, 1.82) is 0 Å². The summed E-state index contributed by atoms with van der Waals surface area (Å²) >= 11 is 10.9. The summed E-state index contributed by atoms with van der Waals surface area (Å²) in [6.07, 6.45) is 1.43. The Kier molecular flexibility index (Phi) is 4.04. The molecule has 1 aromatic rings. The van der Waals surface area contributed by atoms with E-state index in [1.54, 1.807) is 18.2 Å². The number of halogens is 1. The van der Waals surface area contributed by atoms with Gasteiger partial charge in [-0.05, 0) is 24.6 Å². The summed E-state index contributed by atoms with van der Waals surface area (Å²) in [6, 6.07) is 5.47. The topological polar surface area (TPSA) is 67.1 Å². The number of rotatable bonds is 4. The zero-order valence-electron chi connectivity index (χ0n) is 9.70. The minimum atomic E-state index is 0.0995. The lowest BCUT2D eigenvalue weighted by molar-refractivity contribution is -0.119. The minimum Gasteiger partial charge on any atom is -0.389 e. The fourth-order valence-electron chi connectivity index (χ4n) is 1.94. The van der Waals surface area contributed by atoms with Crippen LogP contribution in [0.1, 0.15) is 18.4 Å². The highest BCUT2D eigenvalue weighted by molar-refractivity contribution is 7.80. The molecule has 4 N–H and O–H groups in total. The van der Waals surface area contributed by atoms with E-state index < -0.39 is 0 Å². The third kappa shape index (κ3) is 3.11. The van der Waals surface area contributed by atoms with Gasteiger partial charge in [0.15, 0.2) is 0 Å². The molecular formula is C12H14ClN3OS. The van der Waals surface area contributed by atoms with E-state index in [1.807, 2.05) is 0 Å². The van der Waals surface area contributed by atoms with Crippen molar-refractivity contribution in [1.82, 2.24) is 5.32 Å². The third-order valence-electron chi connectivity index (χ3n) is 2.87. The molecule has 1 aliphatic rings. The second-order valence-corrected chi connectivity index (χ2v) is 5.11. The number of hydrogen-bond donors (Lipinski definition) is 3. The van der Waals surface area contributed by atoms with Crippen molar-refractivity contribution < 1.29 is 4.79 Å². The Bertz CT molecular complexity index is 492. The highest BCUT2D eigenvalue weighted by Crippen LogP contribution is 2.21. The molecule has 0 saturated carbocycles. The predicted molar refractivity (Wildman–Crippen MR) is 77.0 cm³/mol. The van der Waals surface area contributed by atoms with E-state index >= 15 is 0 Å². The standard InChI is InChI=1S/C12H14ClN3OS/c13-7-1-3-9(12(14)18)10(5-7)15-6-8-2-4-11(17)16-8/h1,3,5,8,15H,2,4,6H2,(H2,14,18)(H,16,17). The van der Waals surface area contributed by atoms with Crippen LogP contribution in [0, 0.1) is 0 Å². The SMILES string of the molecule is NC(=S)c1ccc(Cl)cc1NCC1CCC(=O)N1. The van der Waals surface area contributed by atoms with Gasteiger partial charge < -0.3 is 16.4 Å². The number of carbonyl (C=O) groups is 1. The van der Waals surface area contributed by atoms with Crippen LogP contribution < -0.4 is 16.4 Å². The fraction of sp³-hybridized carbons (Fsp3) is 0.333. The molecule has 1 heterocycles. The van der Waals surface area contributed by atoms with Crippen LogP contribution in [0.25, 0.3) is 0 Å². The first-order valence-corrected chi connectivity index (χ1v) is 6.47. The Morgan fingerprint density at radius 1 is 1.61 bits per heavy atom. The Morgan fingerprint density at radius 3 is 3.00 bits per heavy atom. The molecule has 6 heteroatoms. The van der Waals surface area contributed by atoms with E-state index in [0.29, 0.717) is 23.0 Å². The molecule has 0 spiro atoms. The van der Waals surface area contributed by atoms with Crippen molar-refractivity contribution in [2.45, 2.75) is 18.9 Å². The molecule has 1 aliphatic heterocycles. The molecule has 18 heavy (non-hydrogen) atoms. The molecular weight excluding hydrogens is 270 g/mol. The van der Waals surface area contributed by atoms with Gasteiger partial charge in [0.25, 0.3) is 0 Å². The molecule has 1 unspecified atom stereocenters. The average molecular weight is 284 g/mol. The first-order valence-electron chi connectivity index (χ1n) is 5.69. The van der Waals surface area contributed by atoms with E-state index in [1.165, 1.54) is 0 Å². The van der Waals surface area contributed by atoms with Crippen LogP contribution in [0.4, 0.5) is 5.69 Å². The summed E-state index contributed by atoms with van der Waals surface area (Å²) in [5, 5.41) is 6.74. The van der Waals surface area contributed by atoms with Gasteiger partial charge in [0.05, 0.1) is 0 Å². The highest BCUT2D eigenvalue weighted by atomic mass is 35.5. The molecule has 4 nitrogen and oxygen atoms in total. The maximum Gasteiger partial charge on any atom is 0.220 e. The summed E-state index contributed by atoms with van der Waals surface area (Å²) < 4.78 is 0. The van der Waals surface area contributed by atoms with Gasteiger partial charge in [0.2, 0.25) is 5.91 Å². The van der Waals surface area contributed by atoms with Gasteiger partial charge in [-0.25, -0.2) is 0 Å². The van der Waals surface area contributed by atoms with Crippen LogP contribution >= 0.6 is 23.8 Å². The molecule has 1 amide bonds. The third-order valence-corrected chi connectivity index (χ3v) is 3.33. The predicted octanol–water partition coefficient (Wildman–Crippen LogP) is 1.66. The van der Waals surface area contributed by atoms with Crippen molar-refractivity contribution in [3.63, 3.8) is 0 Å². The molecule has 0 aliphatic carbocycles. The van der Waals surface area contributed by atoms with E-state index in [0.717, 1.165) is 17.7 Å². The van der Waals surface area contributed by atoms with Gasteiger partial charge in [0, 0.05) is 35.3 Å². The van der Waals surface area contributed by atoms with Gasteiger partial charge in [-0.15, -0.1) is 0 Å². The molecule has 1 atom stereocenters. The number of nitrogens with one attached hydrogen (secondary N) is 2.